The highest BCUT2D eigenvalue weighted by Crippen LogP contribution is 2.46. The Labute approximate surface area is 168 Å². The van der Waals surface area contributed by atoms with Crippen molar-refractivity contribution in [1.82, 2.24) is 0 Å². The van der Waals surface area contributed by atoms with E-state index in [-0.39, 0.29) is 12.4 Å². The summed E-state index contributed by atoms with van der Waals surface area (Å²) in [4.78, 5) is 0. The molecule has 0 radical (unpaired) electrons. The van der Waals surface area contributed by atoms with Gasteiger partial charge in [0.2, 0.25) is 0 Å². The summed E-state index contributed by atoms with van der Waals surface area (Å²) in [5.74, 6) is 0.814. The van der Waals surface area contributed by atoms with Gasteiger partial charge in [-0.15, -0.1) is 11.8 Å². The van der Waals surface area contributed by atoms with E-state index in [1.807, 2.05) is 37.3 Å². The van der Waals surface area contributed by atoms with Crippen molar-refractivity contribution < 1.29 is 30.3 Å². The highest BCUT2D eigenvalue weighted by molar-refractivity contribution is 8.00. The van der Waals surface area contributed by atoms with Gasteiger partial charge in [0.15, 0.2) is 0 Å². The molecule has 28 heavy (non-hydrogen) atoms. The number of hydrogen-bond donors (Lipinski definition) is 5. The number of thioether (sulfide) groups is 1. The van der Waals surface area contributed by atoms with Crippen LogP contribution in [0.5, 0.6) is 11.5 Å². The molecule has 0 amide bonds. The molecule has 2 aromatic carbocycles. The van der Waals surface area contributed by atoms with Gasteiger partial charge in [-0.25, -0.2) is 0 Å². The number of aliphatic hydroxyl groups is 4. The number of phenolic OH excluding ortho intramolecular Hbond substituents is 1. The Balaban J connectivity index is 1.82. The molecule has 1 fully saturated rings. The third-order valence-corrected chi connectivity index (χ3v) is 6.54. The normalized spacial score (nSPS) is 27.5. The Kier molecular flexibility index (Phi) is 6.85. The molecule has 1 aliphatic rings. The summed E-state index contributed by atoms with van der Waals surface area (Å²) >= 11 is 1.15. The van der Waals surface area contributed by atoms with Crippen molar-refractivity contribution in [2.75, 3.05) is 13.2 Å². The first-order chi connectivity index (χ1) is 13.4. The van der Waals surface area contributed by atoms with Crippen LogP contribution >= 0.6 is 11.8 Å². The van der Waals surface area contributed by atoms with Gasteiger partial charge in [0.25, 0.3) is 0 Å². The quantitative estimate of drug-likeness (QED) is 0.496. The minimum atomic E-state index is -1.39. The highest BCUT2D eigenvalue weighted by Gasteiger charge is 2.44. The van der Waals surface area contributed by atoms with Crippen LogP contribution in [-0.2, 0) is 6.42 Å². The van der Waals surface area contributed by atoms with Crippen LogP contribution in [0.15, 0.2) is 42.5 Å². The Morgan fingerprint density at radius 1 is 0.929 bits per heavy atom. The Morgan fingerprint density at radius 3 is 2.25 bits per heavy atom. The van der Waals surface area contributed by atoms with Gasteiger partial charge in [-0.05, 0) is 42.7 Å². The first-order valence-electron chi connectivity index (χ1n) is 9.28. The number of phenols is 1. The van der Waals surface area contributed by atoms with E-state index in [9.17, 15) is 25.5 Å². The molecule has 5 atom stereocenters. The number of aliphatic hydroxyl groups excluding tert-OH is 4. The predicted molar refractivity (Wildman–Crippen MR) is 108 cm³/mol. The Bertz CT molecular complexity index is 779. The van der Waals surface area contributed by atoms with Gasteiger partial charge in [0.1, 0.15) is 17.6 Å². The molecule has 6 nitrogen and oxygen atoms in total. The molecular formula is C21H26O6S. The van der Waals surface area contributed by atoms with Gasteiger partial charge in [-0.2, -0.15) is 0 Å². The molecule has 3 rings (SSSR count). The van der Waals surface area contributed by atoms with E-state index in [1.54, 1.807) is 12.1 Å². The predicted octanol–water partition coefficient (Wildman–Crippen LogP) is 1.61. The monoisotopic (exact) mass is 406 g/mol. The van der Waals surface area contributed by atoms with Crippen LogP contribution in [0.1, 0.15) is 28.9 Å². The van der Waals surface area contributed by atoms with E-state index in [4.69, 9.17) is 4.74 Å². The van der Waals surface area contributed by atoms with Crippen LogP contribution in [-0.4, -0.2) is 62.3 Å². The molecule has 5 N–H and O–H groups in total. The number of benzene rings is 2. The van der Waals surface area contributed by atoms with Crippen LogP contribution in [0.4, 0.5) is 0 Å². The summed E-state index contributed by atoms with van der Waals surface area (Å²) in [6, 6.07) is 12.9. The third kappa shape index (κ3) is 4.45. The summed E-state index contributed by atoms with van der Waals surface area (Å²) in [5, 5.41) is 49.0. The second-order valence-electron chi connectivity index (χ2n) is 6.90. The maximum Gasteiger partial charge on any atom is 0.120 e. The molecule has 2 aromatic rings. The molecule has 0 unspecified atom stereocenters. The minimum Gasteiger partial charge on any atom is -0.508 e. The van der Waals surface area contributed by atoms with E-state index in [0.29, 0.717) is 18.6 Å². The van der Waals surface area contributed by atoms with E-state index in [2.05, 4.69) is 0 Å². The van der Waals surface area contributed by atoms with E-state index < -0.39 is 28.8 Å². The lowest BCUT2D eigenvalue weighted by Crippen LogP contribution is -2.51. The van der Waals surface area contributed by atoms with Gasteiger partial charge in [-0.3, -0.25) is 0 Å². The van der Waals surface area contributed by atoms with E-state index in [0.717, 1.165) is 28.6 Å². The van der Waals surface area contributed by atoms with Crippen LogP contribution < -0.4 is 4.74 Å². The maximum absolute atomic E-state index is 10.4. The zero-order valence-electron chi connectivity index (χ0n) is 15.6. The summed E-state index contributed by atoms with van der Waals surface area (Å²) < 4.78 is 5.45. The van der Waals surface area contributed by atoms with E-state index >= 15 is 0 Å². The molecule has 1 aliphatic heterocycles. The number of hydrogen-bond acceptors (Lipinski definition) is 7. The van der Waals surface area contributed by atoms with Crippen LogP contribution in [0.2, 0.25) is 0 Å². The van der Waals surface area contributed by atoms with Gasteiger partial charge in [-0.1, -0.05) is 24.3 Å². The van der Waals surface area contributed by atoms with Crippen molar-refractivity contribution in [3.63, 3.8) is 0 Å². The van der Waals surface area contributed by atoms with Crippen molar-refractivity contribution in [3.05, 3.63) is 59.2 Å². The van der Waals surface area contributed by atoms with Gasteiger partial charge in [0, 0.05) is 5.56 Å². The molecule has 0 aliphatic carbocycles. The van der Waals surface area contributed by atoms with Crippen LogP contribution in [0.3, 0.4) is 0 Å². The first kappa shape index (κ1) is 21.0. The molecule has 1 heterocycles. The molecular weight excluding hydrogens is 380 g/mol. The number of ether oxygens (including phenoxy) is 1. The fourth-order valence-electron chi connectivity index (χ4n) is 3.41. The average Bonchev–Trinajstić information content (AvgIpc) is 2.70. The summed E-state index contributed by atoms with van der Waals surface area (Å²) in [5.41, 5.74) is 2.48. The standard InChI is InChI=1S/C21H26O6S/c1-2-27-14-6-3-12(4-7-14)9-13-5-8-16(23)15(10-13)21-20(26)19(25)18(24)17(11-22)28-21/h3-8,10,17-26H,2,9,11H2,1H3/t17-,18-,19+,20-,21+/m1/s1. The van der Waals surface area contributed by atoms with Gasteiger partial charge >= 0.3 is 0 Å². The van der Waals surface area contributed by atoms with Crippen molar-refractivity contribution in [1.29, 1.82) is 0 Å². The lowest BCUT2D eigenvalue weighted by atomic mass is 9.94. The summed E-state index contributed by atoms with van der Waals surface area (Å²) in [6.07, 6.45) is -3.25. The topological polar surface area (TPSA) is 110 Å². The van der Waals surface area contributed by atoms with E-state index in [1.165, 1.54) is 0 Å². The summed E-state index contributed by atoms with van der Waals surface area (Å²) in [6.45, 7) is 2.21. The molecule has 0 aromatic heterocycles. The number of rotatable bonds is 6. The van der Waals surface area contributed by atoms with Gasteiger partial charge in [0.05, 0.1) is 35.9 Å². The van der Waals surface area contributed by atoms with Crippen molar-refractivity contribution in [2.24, 2.45) is 0 Å². The molecule has 152 valence electrons. The molecule has 0 saturated carbocycles. The largest absolute Gasteiger partial charge is 0.508 e. The second kappa shape index (κ2) is 9.15. The molecule has 0 spiro atoms. The Morgan fingerprint density at radius 2 is 1.61 bits per heavy atom. The van der Waals surface area contributed by atoms with Crippen molar-refractivity contribution >= 4 is 11.8 Å². The molecule has 0 bridgehead atoms. The van der Waals surface area contributed by atoms with Gasteiger partial charge < -0.3 is 30.3 Å². The SMILES string of the molecule is CCOc1ccc(Cc2ccc(O)c([C@@H]3S[C@H](CO)[C@@H](O)[C@H](O)[C@H]3O)c2)cc1. The molecule has 7 heteroatoms. The van der Waals surface area contributed by atoms with Crippen LogP contribution in [0, 0.1) is 0 Å². The summed E-state index contributed by atoms with van der Waals surface area (Å²) in [7, 11) is 0. The highest BCUT2D eigenvalue weighted by atomic mass is 32.2. The van der Waals surface area contributed by atoms with Crippen LogP contribution in [0.25, 0.3) is 0 Å². The lowest BCUT2D eigenvalue weighted by Gasteiger charge is -2.39. The fourth-order valence-corrected chi connectivity index (χ4v) is 4.85. The zero-order chi connectivity index (χ0) is 20.3. The fraction of sp³-hybridized carbons (Fsp3) is 0.429. The van der Waals surface area contributed by atoms with Crippen molar-refractivity contribution in [2.45, 2.75) is 42.2 Å². The smallest absolute Gasteiger partial charge is 0.120 e. The lowest BCUT2D eigenvalue weighted by molar-refractivity contribution is -0.0701. The third-order valence-electron chi connectivity index (χ3n) is 4.93. The number of aromatic hydroxyl groups is 1. The maximum atomic E-state index is 10.4. The Hall–Kier alpha value is -1.77. The minimum absolute atomic E-state index is 0.00673. The molecule has 1 saturated heterocycles. The average molecular weight is 407 g/mol. The second-order valence-corrected chi connectivity index (χ2v) is 8.28. The van der Waals surface area contributed by atoms with Crippen molar-refractivity contribution in [3.8, 4) is 11.5 Å². The zero-order valence-corrected chi connectivity index (χ0v) is 16.4. The first-order valence-corrected chi connectivity index (χ1v) is 10.2.